The Bertz CT molecular complexity index is 392. The number of ether oxygens (including phenoxy) is 2. The van der Waals surface area contributed by atoms with Crippen LogP contribution in [0.1, 0.15) is 5.56 Å². The number of carbonyl (C=O) groups excluding carboxylic acids is 1. The van der Waals surface area contributed by atoms with Gasteiger partial charge in [-0.15, -0.1) is 12.4 Å². The summed E-state index contributed by atoms with van der Waals surface area (Å²) in [6.45, 7) is -0.248. The molecule has 2 N–H and O–H groups in total. The van der Waals surface area contributed by atoms with Gasteiger partial charge in [-0.3, -0.25) is 0 Å². The molecule has 0 heterocycles. The van der Waals surface area contributed by atoms with Crippen molar-refractivity contribution in [1.29, 1.82) is 0 Å². The molecule has 1 rings (SSSR count). The van der Waals surface area contributed by atoms with Crippen LogP contribution in [0.3, 0.4) is 0 Å². The van der Waals surface area contributed by atoms with Gasteiger partial charge in [-0.1, -0.05) is 0 Å². The summed E-state index contributed by atoms with van der Waals surface area (Å²) in [6.07, 6.45) is 0.366. The number of nitrogens with two attached hydrogens (primary N) is 1. The lowest BCUT2D eigenvalue weighted by atomic mass is 10.1. The minimum absolute atomic E-state index is 0. The number of halogens is 3. The molecule has 0 aliphatic rings. The highest BCUT2D eigenvalue weighted by Gasteiger charge is 2.14. The quantitative estimate of drug-likeness (QED) is 0.830. The maximum absolute atomic E-state index is 13.4. The number of rotatable bonds is 5. The number of hydrogen-bond acceptors (Lipinski definition) is 4. The lowest BCUT2D eigenvalue weighted by Crippen LogP contribution is -2.14. The van der Waals surface area contributed by atoms with E-state index in [9.17, 15) is 13.6 Å². The highest BCUT2D eigenvalue weighted by Crippen LogP contribution is 2.23. The van der Waals surface area contributed by atoms with Crippen LogP contribution < -0.4 is 10.5 Å². The van der Waals surface area contributed by atoms with E-state index in [2.05, 4.69) is 4.74 Å². The third-order valence-corrected chi connectivity index (χ3v) is 2.05. The summed E-state index contributed by atoms with van der Waals surface area (Å²) in [4.78, 5) is 10.8. The second kappa shape index (κ2) is 7.84. The van der Waals surface area contributed by atoms with Crippen LogP contribution in [-0.4, -0.2) is 26.2 Å². The van der Waals surface area contributed by atoms with Gasteiger partial charge in [-0.05, 0) is 30.7 Å². The molecule has 0 aliphatic heterocycles. The van der Waals surface area contributed by atoms with Crippen molar-refractivity contribution in [2.75, 3.05) is 20.3 Å². The van der Waals surface area contributed by atoms with Gasteiger partial charge in [0, 0.05) is 0 Å². The first-order valence-electron chi connectivity index (χ1n) is 4.96. The number of carbonyl (C=O) groups is 1. The fraction of sp³-hybridized carbons (Fsp3) is 0.364. The lowest BCUT2D eigenvalue weighted by Gasteiger charge is -2.08. The molecule has 0 unspecified atom stereocenters. The molecule has 18 heavy (non-hydrogen) atoms. The van der Waals surface area contributed by atoms with Crippen LogP contribution in [0.4, 0.5) is 8.78 Å². The van der Waals surface area contributed by atoms with Crippen LogP contribution in [-0.2, 0) is 16.0 Å². The van der Waals surface area contributed by atoms with Crippen LogP contribution in [0.2, 0.25) is 0 Å². The van der Waals surface area contributed by atoms with Gasteiger partial charge in [0.1, 0.15) is 0 Å². The number of methoxy groups -OCH3 is 1. The number of hydrogen-bond donors (Lipinski definition) is 1. The van der Waals surface area contributed by atoms with Crippen molar-refractivity contribution >= 4 is 18.4 Å². The van der Waals surface area contributed by atoms with Crippen LogP contribution in [0.5, 0.6) is 5.75 Å². The van der Waals surface area contributed by atoms with Crippen LogP contribution in [0.15, 0.2) is 12.1 Å². The minimum Gasteiger partial charge on any atom is -0.476 e. The lowest BCUT2D eigenvalue weighted by molar-refractivity contribution is -0.143. The third-order valence-electron chi connectivity index (χ3n) is 2.05. The van der Waals surface area contributed by atoms with Gasteiger partial charge < -0.3 is 15.2 Å². The normalized spacial score (nSPS) is 9.56. The predicted molar refractivity (Wildman–Crippen MR) is 63.9 cm³/mol. The summed E-state index contributed by atoms with van der Waals surface area (Å²) in [7, 11) is 1.16. The highest BCUT2D eigenvalue weighted by atomic mass is 35.5. The summed E-state index contributed by atoms with van der Waals surface area (Å²) < 4.78 is 35.8. The average molecular weight is 282 g/mol. The van der Waals surface area contributed by atoms with Crippen molar-refractivity contribution < 1.29 is 23.0 Å². The van der Waals surface area contributed by atoms with E-state index >= 15 is 0 Å². The van der Waals surface area contributed by atoms with Gasteiger partial charge in [0.15, 0.2) is 24.0 Å². The molecule has 0 spiro atoms. The van der Waals surface area contributed by atoms with E-state index in [1.54, 1.807) is 0 Å². The second-order valence-electron chi connectivity index (χ2n) is 3.29. The molecule has 0 bridgehead atoms. The molecular formula is C11H14ClF2NO3. The molecule has 0 atom stereocenters. The number of benzene rings is 1. The SMILES string of the molecule is COC(=O)COc1c(F)cc(CCN)cc1F.Cl. The molecule has 0 fully saturated rings. The molecule has 1 aromatic rings. The molecule has 7 heteroatoms. The van der Waals surface area contributed by atoms with Crippen LogP contribution in [0, 0.1) is 11.6 Å². The van der Waals surface area contributed by atoms with Crippen molar-refractivity contribution in [3.8, 4) is 5.75 Å². The van der Waals surface area contributed by atoms with Gasteiger partial charge in [-0.25, -0.2) is 13.6 Å². The number of esters is 1. The average Bonchev–Trinajstić information content (AvgIpc) is 2.28. The first-order valence-corrected chi connectivity index (χ1v) is 4.96. The molecule has 1 aromatic carbocycles. The van der Waals surface area contributed by atoms with Crippen molar-refractivity contribution in [2.24, 2.45) is 5.73 Å². The van der Waals surface area contributed by atoms with Crippen LogP contribution in [0.25, 0.3) is 0 Å². The van der Waals surface area contributed by atoms with Crippen LogP contribution >= 0.6 is 12.4 Å². The molecule has 4 nitrogen and oxygen atoms in total. The Morgan fingerprint density at radius 1 is 1.33 bits per heavy atom. The summed E-state index contributed by atoms with van der Waals surface area (Å²) in [6, 6.07) is 2.26. The maximum Gasteiger partial charge on any atom is 0.343 e. The van der Waals surface area contributed by atoms with Crippen molar-refractivity contribution in [3.63, 3.8) is 0 Å². The standard InChI is InChI=1S/C11H13F2NO3.ClH/c1-16-10(15)6-17-11-8(12)4-7(2-3-14)5-9(11)13;/h4-5H,2-3,6,14H2,1H3;1H. The molecule has 0 radical (unpaired) electrons. The van der Waals surface area contributed by atoms with E-state index in [0.717, 1.165) is 19.2 Å². The Morgan fingerprint density at radius 3 is 2.33 bits per heavy atom. The molecule has 0 amide bonds. The van der Waals surface area contributed by atoms with Gasteiger partial charge in [0.2, 0.25) is 0 Å². The maximum atomic E-state index is 13.4. The molecule has 0 saturated heterocycles. The fourth-order valence-electron chi connectivity index (χ4n) is 1.25. The summed E-state index contributed by atoms with van der Waals surface area (Å²) in [5.41, 5.74) is 5.72. The Labute approximate surface area is 109 Å². The third kappa shape index (κ3) is 4.46. The van der Waals surface area contributed by atoms with E-state index in [4.69, 9.17) is 10.5 Å². The Kier molecular flexibility index (Phi) is 7.23. The summed E-state index contributed by atoms with van der Waals surface area (Å²) in [5.74, 6) is -3.03. The Morgan fingerprint density at radius 2 is 1.89 bits per heavy atom. The molecule has 0 saturated carbocycles. The van der Waals surface area contributed by atoms with Gasteiger partial charge in [0.05, 0.1) is 7.11 Å². The van der Waals surface area contributed by atoms with Gasteiger partial charge >= 0.3 is 5.97 Å². The van der Waals surface area contributed by atoms with E-state index in [1.165, 1.54) is 0 Å². The molecule has 102 valence electrons. The summed E-state index contributed by atoms with van der Waals surface area (Å²) in [5, 5.41) is 0. The second-order valence-corrected chi connectivity index (χ2v) is 3.29. The first kappa shape index (κ1) is 16.6. The minimum atomic E-state index is -0.864. The smallest absolute Gasteiger partial charge is 0.343 e. The molecule has 0 aliphatic carbocycles. The zero-order chi connectivity index (χ0) is 12.8. The Hall–Kier alpha value is -1.40. The molecule has 0 aromatic heterocycles. The molecular weight excluding hydrogens is 268 g/mol. The van der Waals surface area contributed by atoms with Gasteiger partial charge in [-0.2, -0.15) is 0 Å². The highest BCUT2D eigenvalue weighted by molar-refractivity contribution is 5.85. The van der Waals surface area contributed by atoms with E-state index in [0.29, 0.717) is 18.5 Å². The monoisotopic (exact) mass is 281 g/mol. The van der Waals surface area contributed by atoms with E-state index in [1.807, 2.05) is 0 Å². The fourth-order valence-corrected chi connectivity index (χ4v) is 1.25. The van der Waals surface area contributed by atoms with Crippen molar-refractivity contribution in [1.82, 2.24) is 0 Å². The van der Waals surface area contributed by atoms with Gasteiger partial charge in [0.25, 0.3) is 0 Å². The van der Waals surface area contributed by atoms with Crippen molar-refractivity contribution in [2.45, 2.75) is 6.42 Å². The summed E-state index contributed by atoms with van der Waals surface area (Å²) >= 11 is 0. The van der Waals surface area contributed by atoms with E-state index < -0.39 is 30.0 Å². The Balaban J connectivity index is 0.00000289. The zero-order valence-electron chi connectivity index (χ0n) is 9.74. The van der Waals surface area contributed by atoms with E-state index in [-0.39, 0.29) is 12.4 Å². The largest absolute Gasteiger partial charge is 0.476 e. The first-order chi connectivity index (χ1) is 8.08. The predicted octanol–water partition coefficient (Wildman–Crippen LogP) is 1.44. The topological polar surface area (TPSA) is 61.5 Å². The zero-order valence-corrected chi connectivity index (χ0v) is 10.6. The van der Waals surface area contributed by atoms with Crippen molar-refractivity contribution in [3.05, 3.63) is 29.3 Å².